The molecule has 0 bridgehead atoms. The van der Waals surface area contributed by atoms with Crippen LogP contribution >= 0.6 is 0 Å². The van der Waals surface area contributed by atoms with E-state index in [2.05, 4.69) is 6.92 Å². The minimum absolute atomic E-state index is 0. The van der Waals surface area contributed by atoms with Crippen LogP contribution in [0.3, 0.4) is 0 Å². The maximum Gasteiger partial charge on any atom is 1.00 e. The van der Waals surface area contributed by atoms with Crippen LogP contribution in [0.15, 0.2) is 0 Å². The van der Waals surface area contributed by atoms with Crippen molar-refractivity contribution in [1.29, 1.82) is 0 Å². The van der Waals surface area contributed by atoms with Gasteiger partial charge in [0, 0.05) is 6.42 Å². The Bertz CT molecular complexity index is 302. The van der Waals surface area contributed by atoms with E-state index in [9.17, 15) is 9.59 Å². The molecule has 0 heterocycles. The quantitative estimate of drug-likeness (QED) is 0.250. The van der Waals surface area contributed by atoms with Crippen molar-refractivity contribution < 1.29 is 67.1 Å². The molecule has 1 atom stereocenters. The third kappa shape index (κ3) is 14.3. The average Bonchev–Trinajstić information content (AvgIpc) is 2.44. The number of rotatable bonds is 12. The van der Waals surface area contributed by atoms with Crippen LogP contribution in [0.4, 0.5) is 0 Å². The van der Waals surface area contributed by atoms with E-state index in [1.165, 1.54) is 38.5 Å². The summed E-state index contributed by atoms with van der Waals surface area (Å²) in [5.41, 5.74) is 5.63. The zero-order valence-electron chi connectivity index (χ0n) is 16.0. The fourth-order valence-electron chi connectivity index (χ4n) is 2.08. The second-order valence-corrected chi connectivity index (χ2v) is 6.14. The summed E-state index contributed by atoms with van der Waals surface area (Å²) in [5.74, 6) is -1.07. The van der Waals surface area contributed by atoms with Crippen LogP contribution in [-0.2, 0) is 14.3 Å². The van der Waals surface area contributed by atoms with Gasteiger partial charge in [0.05, 0.1) is 0 Å². The molecule has 0 saturated heterocycles. The molecule has 126 valence electrons. The molecule has 0 radical (unpaired) electrons. The van der Waals surface area contributed by atoms with E-state index in [0.717, 1.165) is 19.3 Å². The predicted molar refractivity (Wildman–Crippen MR) is 86.9 cm³/mol. The number of hydrogen-bond acceptors (Lipinski definition) is 4. The number of ether oxygens (including phenoxy) is 1. The topological polar surface area (TPSA) is 69.4 Å². The van der Waals surface area contributed by atoms with Crippen molar-refractivity contribution in [3.05, 3.63) is 0 Å². The molecule has 0 aliphatic heterocycles. The van der Waals surface area contributed by atoms with E-state index in [4.69, 9.17) is 10.5 Å². The van der Waals surface area contributed by atoms with Gasteiger partial charge in [0.15, 0.2) is 0 Å². The molecule has 22 heavy (non-hydrogen) atoms. The van der Waals surface area contributed by atoms with Crippen molar-refractivity contribution in [2.24, 2.45) is 11.7 Å². The molecule has 4 nitrogen and oxygen atoms in total. The molecule has 0 aromatic carbocycles. The molecular formula is C17H34KNO3. The van der Waals surface area contributed by atoms with Crippen LogP contribution in [0.2, 0.25) is 0 Å². The van der Waals surface area contributed by atoms with Gasteiger partial charge in [0.2, 0.25) is 0 Å². The van der Waals surface area contributed by atoms with Gasteiger partial charge in [-0.15, -0.1) is 0 Å². The van der Waals surface area contributed by atoms with Gasteiger partial charge in [-0.3, -0.25) is 4.79 Å². The second-order valence-electron chi connectivity index (χ2n) is 6.14. The molecule has 0 aliphatic rings. The monoisotopic (exact) mass is 339 g/mol. The molecule has 0 rings (SSSR count). The standard InChI is InChI=1S/C17H33NO3.K.H/c1-4-5-6-7-8-9-10-11-12-13-15(19)21-17(20)16(18)14(2)3;;/h14,16H,4-13,18H2,1-3H3;;/q;+1;-1/t16-;;/m0../s1. The van der Waals surface area contributed by atoms with Gasteiger partial charge in [-0.05, 0) is 12.3 Å². The predicted octanol–water partition coefficient (Wildman–Crippen LogP) is 1.08. The molecule has 2 N–H and O–H groups in total. The SMILES string of the molecule is CCCCCCCCCCCC(=O)OC(=O)[C@@H](N)C(C)C.[H-].[K+]. The summed E-state index contributed by atoms with van der Waals surface area (Å²) in [5, 5.41) is 0. The van der Waals surface area contributed by atoms with E-state index in [-0.39, 0.29) is 58.7 Å². The minimum atomic E-state index is -0.711. The summed E-state index contributed by atoms with van der Waals surface area (Å²) in [6.07, 6.45) is 11.1. The maximum atomic E-state index is 11.5. The van der Waals surface area contributed by atoms with Gasteiger partial charge in [-0.2, -0.15) is 0 Å². The Labute approximate surface area is 180 Å². The number of carbonyl (C=O) groups is 2. The molecule has 0 aliphatic carbocycles. The third-order valence-electron chi connectivity index (χ3n) is 3.69. The van der Waals surface area contributed by atoms with Crippen LogP contribution in [0, 0.1) is 5.92 Å². The van der Waals surface area contributed by atoms with Gasteiger partial charge in [0.1, 0.15) is 6.04 Å². The van der Waals surface area contributed by atoms with Gasteiger partial charge in [-0.1, -0.05) is 72.1 Å². The first-order valence-electron chi connectivity index (χ1n) is 8.49. The molecule has 0 fully saturated rings. The minimum Gasteiger partial charge on any atom is -1.00 e. The van der Waals surface area contributed by atoms with Crippen LogP contribution in [0.5, 0.6) is 0 Å². The van der Waals surface area contributed by atoms with E-state index in [1.54, 1.807) is 0 Å². The molecule has 0 aromatic rings. The third-order valence-corrected chi connectivity index (χ3v) is 3.69. The smallest absolute Gasteiger partial charge is 1.00 e. The van der Waals surface area contributed by atoms with Crippen LogP contribution in [-0.4, -0.2) is 18.0 Å². The van der Waals surface area contributed by atoms with Gasteiger partial charge < -0.3 is 11.9 Å². The largest absolute Gasteiger partial charge is 1.00 e. The van der Waals surface area contributed by atoms with Gasteiger partial charge in [-0.25, -0.2) is 4.79 Å². The summed E-state index contributed by atoms with van der Waals surface area (Å²) < 4.78 is 4.74. The number of esters is 2. The van der Waals surface area contributed by atoms with Crippen LogP contribution in [0.1, 0.15) is 86.4 Å². The Balaban J connectivity index is -0.00000200. The molecule has 0 saturated carbocycles. The summed E-state index contributed by atoms with van der Waals surface area (Å²) in [7, 11) is 0. The Hall–Kier alpha value is 0.736. The van der Waals surface area contributed by atoms with Crippen molar-refractivity contribution in [3.8, 4) is 0 Å². The van der Waals surface area contributed by atoms with E-state index < -0.39 is 18.0 Å². The first-order chi connectivity index (χ1) is 9.99. The average molecular weight is 340 g/mol. The van der Waals surface area contributed by atoms with E-state index >= 15 is 0 Å². The van der Waals surface area contributed by atoms with Crippen molar-refractivity contribution in [3.63, 3.8) is 0 Å². The zero-order chi connectivity index (χ0) is 16.1. The number of unbranched alkanes of at least 4 members (excludes halogenated alkanes) is 8. The summed E-state index contributed by atoms with van der Waals surface area (Å²) >= 11 is 0. The summed E-state index contributed by atoms with van der Waals surface area (Å²) in [6, 6.07) is -0.711. The molecule has 0 unspecified atom stereocenters. The number of nitrogens with two attached hydrogens (primary N) is 1. The van der Waals surface area contributed by atoms with Crippen molar-refractivity contribution in [2.75, 3.05) is 0 Å². The molecule has 0 aromatic heterocycles. The molecular weight excluding hydrogens is 305 g/mol. The first-order valence-corrected chi connectivity index (χ1v) is 8.49. The summed E-state index contributed by atoms with van der Waals surface area (Å²) in [6.45, 7) is 5.88. The second kappa shape index (κ2) is 16.6. The van der Waals surface area contributed by atoms with Crippen molar-refractivity contribution >= 4 is 11.9 Å². The van der Waals surface area contributed by atoms with Crippen LogP contribution in [0.25, 0.3) is 0 Å². The van der Waals surface area contributed by atoms with Crippen molar-refractivity contribution in [1.82, 2.24) is 0 Å². The van der Waals surface area contributed by atoms with Crippen LogP contribution < -0.4 is 57.1 Å². The molecule has 5 heteroatoms. The normalized spacial score (nSPS) is 11.9. The Morgan fingerprint density at radius 2 is 1.41 bits per heavy atom. The Morgan fingerprint density at radius 3 is 1.86 bits per heavy atom. The fraction of sp³-hybridized carbons (Fsp3) is 0.882. The number of carbonyl (C=O) groups excluding carboxylic acids is 2. The Kier molecular flexibility index (Phi) is 18.8. The maximum absolute atomic E-state index is 11.5. The Morgan fingerprint density at radius 1 is 0.955 bits per heavy atom. The molecule has 0 spiro atoms. The fourth-order valence-corrected chi connectivity index (χ4v) is 2.08. The number of hydrogen-bond donors (Lipinski definition) is 1. The first kappa shape index (κ1) is 25.0. The zero-order valence-corrected chi connectivity index (χ0v) is 18.2. The van der Waals surface area contributed by atoms with Gasteiger partial charge in [0.25, 0.3) is 0 Å². The van der Waals surface area contributed by atoms with E-state index in [0.29, 0.717) is 6.42 Å². The van der Waals surface area contributed by atoms with E-state index in [1.807, 2.05) is 13.8 Å². The summed E-state index contributed by atoms with van der Waals surface area (Å²) in [4.78, 5) is 23.0. The van der Waals surface area contributed by atoms with Gasteiger partial charge >= 0.3 is 63.3 Å². The molecule has 0 amide bonds. The van der Waals surface area contributed by atoms with Crippen molar-refractivity contribution in [2.45, 2.75) is 91.0 Å².